The van der Waals surface area contributed by atoms with Gasteiger partial charge in [-0.15, -0.1) is 0 Å². The average molecular weight is 292 g/mol. The highest BCUT2D eigenvalue weighted by Crippen LogP contribution is 2.31. The standard InChI is InChI=1S/C20H24N2/c1-15-10-11-20-18(13-15)17-8-3-4-9-19(17)22(20)14-16-7-5-6-12-21(16)2/h3-4,8-11,13,16H,5-7,12,14H2,1-2H3. The van der Waals surface area contributed by atoms with E-state index >= 15 is 0 Å². The van der Waals surface area contributed by atoms with Gasteiger partial charge in [-0.3, -0.25) is 0 Å². The van der Waals surface area contributed by atoms with Gasteiger partial charge in [0.05, 0.1) is 0 Å². The number of likely N-dealkylation sites (tertiary alicyclic amines) is 1. The molecule has 0 bridgehead atoms. The fourth-order valence-electron chi connectivity index (χ4n) is 3.95. The van der Waals surface area contributed by atoms with Crippen molar-refractivity contribution in [3.05, 3.63) is 48.0 Å². The second-order valence-corrected chi connectivity index (χ2v) is 6.78. The van der Waals surface area contributed by atoms with Crippen LogP contribution in [0.25, 0.3) is 21.8 Å². The molecule has 1 aromatic heterocycles. The van der Waals surface area contributed by atoms with Crippen molar-refractivity contribution in [2.75, 3.05) is 13.6 Å². The van der Waals surface area contributed by atoms with Gasteiger partial charge < -0.3 is 9.47 Å². The van der Waals surface area contributed by atoms with Crippen molar-refractivity contribution in [1.82, 2.24) is 9.47 Å². The molecule has 1 fully saturated rings. The molecule has 1 saturated heterocycles. The Kier molecular flexibility index (Phi) is 3.42. The minimum absolute atomic E-state index is 0.661. The molecule has 1 unspecified atom stereocenters. The fourth-order valence-corrected chi connectivity index (χ4v) is 3.95. The molecular formula is C20H24N2. The monoisotopic (exact) mass is 292 g/mol. The van der Waals surface area contributed by atoms with Crippen molar-refractivity contribution in [3.63, 3.8) is 0 Å². The number of nitrogens with zero attached hydrogens (tertiary/aromatic N) is 2. The molecule has 114 valence electrons. The van der Waals surface area contributed by atoms with Crippen molar-refractivity contribution >= 4 is 21.8 Å². The topological polar surface area (TPSA) is 8.17 Å². The predicted octanol–water partition coefficient (Wildman–Crippen LogP) is 4.59. The van der Waals surface area contributed by atoms with Gasteiger partial charge in [-0.25, -0.2) is 0 Å². The van der Waals surface area contributed by atoms with Gasteiger partial charge in [-0.2, -0.15) is 0 Å². The van der Waals surface area contributed by atoms with E-state index < -0.39 is 0 Å². The first-order valence-corrected chi connectivity index (χ1v) is 8.42. The highest BCUT2D eigenvalue weighted by atomic mass is 15.2. The summed E-state index contributed by atoms with van der Waals surface area (Å²) in [6.07, 6.45) is 4.03. The van der Waals surface area contributed by atoms with E-state index in [2.05, 4.69) is 65.9 Å². The summed E-state index contributed by atoms with van der Waals surface area (Å²) in [6, 6.07) is 16.4. The molecular weight excluding hydrogens is 268 g/mol. The maximum atomic E-state index is 2.54. The molecule has 2 aromatic carbocycles. The van der Waals surface area contributed by atoms with Gasteiger partial charge in [0.2, 0.25) is 0 Å². The molecule has 0 saturated carbocycles. The summed E-state index contributed by atoms with van der Waals surface area (Å²) in [5, 5.41) is 2.79. The van der Waals surface area contributed by atoms with Crippen LogP contribution >= 0.6 is 0 Å². The summed E-state index contributed by atoms with van der Waals surface area (Å²) in [5.41, 5.74) is 4.10. The van der Waals surface area contributed by atoms with Crippen molar-refractivity contribution in [1.29, 1.82) is 0 Å². The van der Waals surface area contributed by atoms with Crippen molar-refractivity contribution < 1.29 is 0 Å². The SMILES string of the molecule is Cc1ccc2c(c1)c1ccccc1n2CC1CCCCN1C. The summed E-state index contributed by atoms with van der Waals surface area (Å²) >= 11 is 0. The normalized spacial score (nSPS) is 20.0. The number of para-hydroxylation sites is 1. The predicted molar refractivity (Wildman–Crippen MR) is 94.5 cm³/mol. The molecule has 1 atom stereocenters. The molecule has 2 heteroatoms. The van der Waals surface area contributed by atoms with E-state index in [0.29, 0.717) is 6.04 Å². The summed E-state index contributed by atoms with van der Waals surface area (Å²) in [5.74, 6) is 0. The molecule has 2 heterocycles. The summed E-state index contributed by atoms with van der Waals surface area (Å²) in [4.78, 5) is 2.54. The van der Waals surface area contributed by atoms with Gasteiger partial charge in [-0.05, 0) is 51.6 Å². The van der Waals surface area contributed by atoms with Gasteiger partial charge in [-0.1, -0.05) is 36.2 Å². The lowest BCUT2D eigenvalue weighted by Gasteiger charge is -2.33. The van der Waals surface area contributed by atoms with Crippen molar-refractivity contribution in [2.45, 2.75) is 38.8 Å². The highest BCUT2D eigenvalue weighted by Gasteiger charge is 2.21. The molecule has 1 aliphatic rings. The molecule has 2 nitrogen and oxygen atoms in total. The third-order valence-corrected chi connectivity index (χ3v) is 5.24. The largest absolute Gasteiger partial charge is 0.339 e. The van der Waals surface area contributed by atoms with Crippen LogP contribution in [0.15, 0.2) is 42.5 Å². The Labute approximate surface area is 132 Å². The van der Waals surface area contributed by atoms with Gasteiger partial charge in [0.25, 0.3) is 0 Å². The van der Waals surface area contributed by atoms with E-state index in [1.165, 1.54) is 53.2 Å². The third-order valence-electron chi connectivity index (χ3n) is 5.24. The Bertz CT molecular complexity index is 815. The van der Waals surface area contributed by atoms with Crippen LogP contribution in [-0.4, -0.2) is 29.1 Å². The molecule has 0 radical (unpaired) electrons. The smallest absolute Gasteiger partial charge is 0.0492 e. The van der Waals surface area contributed by atoms with Crippen LogP contribution < -0.4 is 0 Å². The molecule has 0 spiro atoms. The van der Waals surface area contributed by atoms with E-state index in [4.69, 9.17) is 0 Å². The van der Waals surface area contributed by atoms with Crippen LogP contribution in [0.2, 0.25) is 0 Å². The second-order valence-electron chi connectivity index (χ2n) is 6.78. The molecule has 22 heavy (non-hydrogen) atoms. The quantitative estimate of drug-likeness (QED) is 0.671. The zero-order chi connectivity index (χ0) is 15.1. The van der Waals surface area contributed by atoms with Crippen LogP contribution in [-0.2, 0) is 6.54 Å². The van der Waals surface area contributed by atoms with E-state index in [9.17, 15) is 0 Å². The van der Waals surface area contributed by atoms with Gasteiger partial charge in [0.15, 0.2) is 0 Å². The first-order chi connectivity index (χ1) is 10.7. The van der Waals surface area contributed by atoms with Crippen LogP contribution in [0.5, 0.6) is 0 Å². The Hall–Kier alpha value is -1.80. The Morgan fingerprint density at radius 3 is 2.68 bits per heavy atom. The summed E-state index contributed by atoms with van der Waals surface area (Å²) in [6.45, 7) is 4.52. The van der Waals surface area contributed by atoms with Gasteiger partial charge in [0.1, 0.15) is 0 Å². The maximum absolute atomic E-state index is 2.54. The highest BCUT2D eigenvalue weighted by molar-refractivity contribution is 6.08. The van der Waals surface area contributed by atoms with Crippen LogP contribution in [0.3, 0.4) is 0 Å². The van der Waals surface area contributed by atoms with Crippen molar-refractivity contribution in [3.8, 4) is 0 Å². The lowest BCUT2D eigenvalue weighted by molar-refractivity contribution is 0.170. The minimum atomic E-state index is 0.661. The Morgan fingerprint density at radius 1 is 1.00 bits per heavy atom. The molecule has 4 rings (SSSR count). The van der Waals surface area contributed by atoms with E-state index in [1.807, 2.05) is 0 Å². The third kappa shape index (κ3) is 2.22. The van der Waals surface area contributed by atoms with E-state index in [0.717, 1.165) is 6.54 Å². The van der Waals surface area contributed by atoms with Crippen LogP contribution in [0, 0.1) is 6.92 Å². The van der Waals surface area contributed by atoms with E-state index in [1.54, 1.807) is 0 Å². The number of likely N-dealkylation sites (N-methyl/N-ethyl adjacent to an activating group) is 1. The molecule has 0 aliphatic carbocycles. The lowest BCUT2D eigenvalue weighted by Crippen LogP contribution is -2.39. The number of aryl methyl sites for hydroxylation is 1. The minimum Gasteiger partial charge on any atom is -0.339 e. The van der Waals surface area contributed by atoms with E-state index in [-0.39, 0.29) is 0 Å². The molecule has 0 N–H and O–H groups in total. The van der Waals surface area contributed by atoms with Crippen LogP contribution in [0.4, 0.5) is 0 Å². The molecule has 1 aliphatic heterocycles. The zero-order valence-electron chi connectivity index (χ0n) is 13.5. The number of rotatable bonds is 2. The number of hydrogen-bond acceptors (Lipinski definition) is 1. The second kappa shape index (κ2) is 5.44. The Balaban J connectivity index is 1.87. The van der Waals surface area contributed by atoms with Gasteiger partial charge >= 0.3 is 0 Å². The van der Waals surface area contributed by atoms with Gasteiger partial charge in [0, 0.05) is 34.4 Å². The number of piperidine rings is 1. The fraction of sp³-hybridized carbons (Fsp3) is 0.400. The number of benzene rings is 2. The maximum Gasteiger partial charge on any atom is 0.0492 e. The molecule has 0 amide bonds. The van der Waals surface area contributed by atoms with Crippen LogP contribution in [0.1, 0.15) is 24.8 Å². The number of aromatic nitrogens is 1. The average Bonchev–Trinajstić information content (AvgIpc) is 2.83. The first kappa shape index (κ1) is 13.8. The first-order valence-electron chi connectivity index (χ1n) is 8.42. The summed E-state index contributed by atoms with van der Waals surface area (Å²) in [7, 11) is 2.28. The number of hydrogen-bond donors (Lipinski definition) is 0. The molecule has 3 aromatic rings. The Morgan fingerprint density at radius 2 is 1.82 bits per heavy atom. The zero-order valence-corrected chi connectivity index (χ0v) is 13.5. The lowest BCUT2D eigenvalue weighted by atomic mass is 10.0. The number of fused-ring (bicyclic) bond motifs is 3. The summed E-state index contributed by atoms with van der Waals surface area (Å²) < 4.78 is 2.54. The van der Waals surface area contributed by atoms with Crippen molar-refractivity contribution in [2.24, 2.45) is 0 Å².